The Bertz CT molecular complexity index is 935. The van der Waals surface area contributed by atoms with Gasteiger partial charge in [0, 0.05) is 18.5 Å². The normalized spacial score (nSPS) is 17.2. The molecule has 0 fully saturated rings. The fraction of sp³-hybridized carbons (Fsp3) is 0.263. The summed E-state index contributed by atoms with van der Waals surface area (Å²) in [4.78, 5) is 14.8. The van der Waals surface area contributed by atoms with E-state index in [1.54, 1.807) is 12.0 Å². The number of para-hydroxylation sites is 1. The van der Waals surface area contributed by atoms with Crippen LogP contribution in [0.15, 0.2) is 42.5 Å². The van der Waals surface area contributed by atoms with E-state index in [9.17, 15) is 9.90 Å². The molecule has 128 valence electrons. The number of nitrogens with zero attached hydrogens (tertiary/aromatic N) is 2. The van der Waals surface area contributed by atoms with Crippen LogP contribution in [0.1, 0.15) is 34.1 Å². The number of hydrogen-bond acceptors (Lipinski definition) is 4. The van der Waals surface area contributed by atoms with Crippen LogP contribution < -0.4 is 4.74 Å². The van der Waals surface area contributed by atoms with Crippen molar-refractivity contribution in [2.75, 3.05) is 13.7 Å². The van der Waals surface area contributed by atoms with Gasteiger partial charge in [-0.15, -0.1) is 0 Å². The number of aromatic amines is 1. The number of aromatic nitrogens is 2. The maximum absolute atomic E-state index is 13.1. The van der Waals surface area contributed by atoms with Crippen molar-refractivity contribution in [3.05, 3.63) is 59.3 Å². The van der Waals surface area contributed by atoms with Gasteiger partial charge in [0.05, 0.1) is 13.2 Å². The van der Waals surface area contributed by atoms with Gasteiger partial charge >= 0.3 is 0 Å². The van der Waals surface area contributed by atoms with Gasteiger partial charge in [-0.3, -0.25) is 9.89 Å². The van der Waals surface area contributed by atoms with Gasteiger partial charge in [0.15, 0.2) is 5.69 Å². The molecule has 0 radical (unpaired) electrons. The molecular formula is C19H19N3O3. The number of ether oxygens (including phenoxy) is 1. The number of aliphatic hydroxyl groups is 1. The molecular weight excluding hydrogens is 318 g/mol. The second-order valence-corrected chi connectivity index (χ2v) is 6.19. The van der Waals surface area contributed by atoms with Gasteiger partial charge < -0.3 is 14.7 Å². The van der Waals surface area contributed by atoms with Crippen LogP contribution >= 0.6 is 0 Å². The molecule has 2 N–H and O–H groups in total. The molecule has 1 amide bonds. The van der Waals surface area contributed by atoms with Gasteiger partial charge in [-0.1, -0.05) is 36.4 Å². The molecule has 1 aromatic heterocycles. The van der Waals surface area contributed by atoms with E-state index in [0.717, 1.165) is 16.5 Å². The molecule has 0 saturated carbocycles. The first kappa shape index (κ1) is 15.7. The number of rotatable bonds is 2. The molecule has 3 aromatic rings. The lowest BCUT2D eigenvalue weighted by Crippen LogP contribution is -2.31. The summed E-state index contributed by atoms with van der Waals surface area (Å²) in [6.07, 6.45) is -0.0425. The van der Waals surface area contributed by atoms with E-state index < -0.39 is 6.10 Å². The highest BCUT2D eigenvalue weighted by Crippen LogP contribution is 2.29. The van der Waals surface area contributed by atoms with Crippen LogP contribution in [0, 0.1) is 0 Å². The molecule has 1 aliphatic rings. The third kappa shape index (κ3) is 2.64. The SMILES string of the molecule is COc1cccc2c(C(=O)N3CCC(O)c4ccccc4C3)n[nH]c12. The summed E-state index contributed by atoms with van der Waals surface area (Å²) < 4.78 is 5.32. The first-order chi connectivity index (χ1) is 12.2. The third-order valence-corrected chi connectivity index (χ3v) is 4.72. The summed E-state index contributed by atoms with van der Waals surface area (Å²) in [5.74, 6) is 0.504. The standard InChI is InChI=1S/C19H19N3O3/c1-25-16-8-4-7-14-17(16)20-21-18(14)19(24)22-10-9-15(23)13-6-3-2-5-12(13)11-22/h2-8,15,23H,9-11H2,1H3,(H,20,21). The largest absolute Gasteiger partial charge is 0.494 e. The van der Waals surface area contributed by atoms with E-state index >= 15 is 0 Å². The van der Waals surface area contributed by atoms with E-state index in [1.165, 1.54) is 0 Å². The summed E-state index contributed by atoms with van der Waals surface area (Å²) in [7, 11) is 1.59. The van der Waals surface area contributed by atoms with Crippen LogP contribution in [-0.4, -0.2) is 39.8 Å². The van der Waals surface area contributed by atoms with Crippen molar-refractivity contribution < 1.29 is 14.6 Å². The van der Waals surface area contributed by atoms with Crippen LogP contribution in [0.4, 0.5) is 0 Å². The predicted molar refractivity (Wildman–Crippen MR) is 93.4 cm³/mol. The molecule has 2 heterocycles. The van der Waals surface area contributed by atoms with Gasteiger partial charge in [0.1, 0.15) is 11.3 Å². The zero-order valence-corrected chi connectivity index (χ0v) is 13.9. The van der Waals surface area contributed by atoms with Crippen molar-refractivity contribution in [3.63, 3.8) is 0 Å². The van der Waals surface area contributed by atoms with Crippen molar-refractivity contribution in [1.29, 1.82) is 0 Å². The zero-order chi connectivity index (χ0) is 17.4. The molecule has 0 saturated heterocycles. The van der Waals surface area contributed by atoms with Crippen molar-refractivity contribution in [2.45, 2.75) is 19.1 Å². The third-order valence-electron chi connectivity index (χ3n) is 4.72. The molecule has 1 atom stereocenters. The minimum absolute atomic E-state index is 0.150. The lowest BCUT2D eigenvalue weighted by atomic mass is 10.0. The first-order valence-electron chi connectivity index (χ1n) is 8.25. The summed E-state index contributed by atoms with van der Waals surface area (Å²) in [6.45, 7) is 0.942. The zero-order valence-electron chi connectivity index (χ0n) is 13.9. The second kappa shape index (κ2) is 6.22. The van der Waals surface area contributed by atoms with Crippen molar-refractivity contribution in [1.82, 2.24) is 15.1 Å². The van der Waals surface area contributed by atoms with E-state index in [4.69, 9.17) is 4.74 Å². The molecule has 2 aromatic carbocycles. The van der Waals surface area contributed by atoms with E-state index in [0.29, 0.717) is 36.5 Å². The van der Waals surface area contributed by atoms with Crippen LogP contribution in [0.3, 0.4) is 0 Å². The van der Waals surface area contributed by atoms with E-state index in [2.05, 4.69) is 10.2 Å². The maximum atomic E-state index is 13.1. The van der Waals surface area contributed by atoms with Gasteiger partial charge in [0.2, 0.25) is 0 Å². The Hall–Kier alpha value is -2.86. The fourth-order valence-corrected chi connectivity index (χ4v) is 3.39. The average Bonchev–Trinajstić information content (AvgIpc) is 3.01. The van der Waals surface area contributed by atoms with Crippen molar-refractivity contribution >= 4 is 16.8 Å². The van der Waals surface area contributed by atoms with E-state index in [1.807, 2.05) is 42.5 Å². The van der Waals surface area contributed by atoms with Crippen molar-refractivity contribution in [3.8, 4) is 5.75 Å². The molecule has 0 bridgehead atoms. The highest BCUT2D eigenvalue weighted by atomic mass is 16.5. The topological polar surface area (TPSA) is 78.4 Å². The number of nitrogens with one attached hydrogen (secondary N) is 1. The summed E-state index contributed by atoms with van der Waals surface area (Å²) in [5, 5.41) is 18.2. The van der Waals surface area contributed by atoms with Gasteiger partial charge in [-0.25, -0.2) is 0 Å². The molecule has 6 heteroatoms. The highest BCUT2D eigenvalue weighted by molar-refractivity contribution is 6.05. The number of benzene rings is 2. The van der Waals surface area contributed by atoms with E-state index in [-0.39, 0.29) is 5.91 Å². The smallest absolute Gasteiger partial charge is 0.275 e. The highest BCUT2D eigenvalue weighted by Gasteiger charge is 2.27. The molecule has 1 unspecified atom stereocenters. The fourth-order valence-electron chi connectivity index (χ4n) is 3.39. The Morgan fingerprint density at radius 1 is 1.28 bits per heavy atom. The number of fused-ring (bicyclic) bond motifs is 2. The maximum Gasteiger partial charge on any atom is 0.275 e. The van der Waals surface area contributed by atoms with Crippen LogP contribution in [0.25, 0.3) is 10.9 Å². The molecule has 4 rings (SSSR count). The monoisotopic (exact) mass is 337 g/mol. The minimum atomic E-state index is -0.551. The predicted octanol–water partition coefficient (Wildman–Crippen LogP) is 2.65. The number of aliphatic hydroxyl groups excluding tert-OH is 1. The minimum Gasteiger partial charge on any atom is -0.494 e. The van der Waals surface area contributed by atoms with Gasteiger partial charge in [-0.2, -0.15) is 5.10 Å². The first-order valence-corrected chi connectivity index (χ1v) is 8.25. The number of methoxy groups -OCH3 is 1. The molecule has 0 aliphatic carbocycles. The van der Waals surface area contributed by atoms with Gasteiger partial charge in [-0.05, 0) is 23.6 Å². The molecule has 25 heavy (non-hydrogen) atoms. The molecule has 1 aliphatic heterocycles. The number of hydrogen-bond donors (Lipinski definition) is 2. The Labute approximate surface area is 145 Å². The van der Waals surface area contributed by atoms with Gasteiger partial charge in [0.25, 0.3) is 5.91 Å². The summed E-state index contributed by atoms with van der Waals surface area (Å²) >= 11 is 0. The Balaban J connectivity index is 1.70. The van der Waals surface area contributed by atoms with Crippen molar-refractivity contribution in [2.24, 2.45) is 0 Å². The Morgan fingerprint density at radius 3 is 2.96 bits per heavy atom. The average molecular weight is 337 g/mol. The number of amides is 1. The number of carbonyl (C=O) groups excluding carboxylic acids is 1. The molecule has 0 spiro atoms. The lowest BCUT2D eigenvalue weighted by Gasteiger charge is -2.20. The Morgan fingerprint density at radius 2 is 2.12 bits per heavy atom. The quantitative estimate of drug-likeness (QED) is 0.753. The number of carbonyl (C=O) groups is 1. The molecule has 6 nitrogen and oxygen atoms in total. The second-order valence-electron chi connectivity index (χ2n) is 6.19. The van der Waals surface area contributed by atoms with Crippen LogP contribution in [0.2, 0.25) is 0 Å². The summed E-state index contributed by atoms with van der Waals surface area (Å²) in [5.41, 5.74) is 2.95. The Kier molecular flexibility index (Phi) is 3.89. The number of H-pyrrole nitrogens is 1. The lowest BCUT2D eigenvalue weighted by molar-refractivity contribution is 0.0719. The van der Waals surface area contributed by atoms with Crippen LogP contribution in [-0.2, 0) is 6.54 Å². The van der Waals surface area contributed by atoms with Crippen LogP contribution in [0.5, 0.6) is 5.75 Å². The summed E-state index contributed by atoms with van der Waals surface area (Å²) in [6, 6.07) is 13.2.